The summed E-state index contributed by atoms with van der Waals surface area (Å²) in [6, 6.07) is 0. The smallest absolute Gasteiger partial charge is 0.303 e. The summed E-state index contributed by atoms with van der Waals surface area (Å²) < 4.78 is 5.27. The van der Waals surface area contributed by atoms with Gasteiger partial charge in [-0.25, -0.2) is 0 Å². The van der Waals surface area contributed by atoms with Crippen molar-refractivity contribution in [2.75, 3.05) is 0 Å². The fraction of sp³-hybridized carbons (Fsp3) is 0.733. The minimum absolute atomic E-state index is 0.121. The number of ether oxygens (including phenoxy) is 1. The Kier molecular flexibility index (Phi) is 6.69. The van der Waals surface area contributed by atoms with Gasteiger partial charge in [0.05, 0.1) is 0 Å². The predicted molar refractivity (Wildman–Crippen MR) is 71.2 cm³/mol. The largest absolute Gasteiger partial charge is 0.458 e. The molecule has 0 heterocycles. The van der Waals surface area contributed by atoms with Gasteiger partial charge in [0.1, 0.15) is 11.9 Å². The van der Waals surface area contributed by atoms with E-state index in [9.17, 15) is 9.59 Å². The number of ketones is 1. The Morgan fingerprint density at radius 2 is 2.28 bits per heavy atom. The molecule has 1 aliphatic rings. The van der Waals surface area contributed by atoms with E-state index in [4.69, 9.17) is 4.74 Å². The molecule has 102 valence electrons. The first-order valence-corrected chi connectivity index (χ1v) is 6.99. The highest BCUT2D eigenvalue weighted by molar-refractivity contribution is 5.80. The lowest BCUT2D eigenvalue weighted by molar-refractivity contribution is -0.144. The van der Waals surface area contributed by atoms with Gasteiger partial charge >= 0.3 is 5.97 Å². The van der Waals surface area contributed by atoms with Crippen LogP contribution in [0.3, 0.4) is 0 Å². The number of hydrogen-bond donors (Lipinski definition) is 0. The summed E-state index contributed by atoms with van der Waals surface area (Å²) >= 11 is 0. The lowest BCUT2D eigenvalue weighted by atomic mass is 10.0. The number of carbonyl (C=O) groups is 2. The van der Waals surface area contributed by atoms with E-state index in [2.05, 4.69) is 13.0 Å². The normalized spacial score (nSPS) is 21.4. The fourth-order valence-corrected chi connectivity index (χ4v) is 2.29. The van der Waals surface area contributed by atoms with Crippen molar-refractivity contribution in [2.24, 2.45) is 5.92 Å². The Morgan fingerprint density at radius 3 is 2.83 bits per heavy atom. The van der Waals surface area contributed by atoms with Crippen molar-refractivity contribution < 1.29 is 14.3 Å². The monoisotopic (exact) mass is 252 g/mol. The summed E-state index contributed by atoms with van der Waals surface area (Å²) in [6.45, 7) is 3.60. The summed E-state index contributed by atoms with van der Waals surface area (Å²) in [5, 5.41) is 0. The second kappa shape index (κ2) is 8.06. The van der Waals surface area contributed by atoms with Crippen LogP contribution in [-0.2, 0) is 14.3 Å². The summed E-state index contributed by atoms with van der Waals surface area (Å²) in [4.78, 5) is 22.2. The summed E-state index contributed by atoms with van der Waals surface area (Å²) in [6.07, 6.45) is 10.5. The molecule has 1 rings (SSSR count). The second-order valence-electron chi connectivity index (χ2n) is 5.07. The van der Waals surface area contributed by atoms with Crippen molar-refractivity contribution in [3.05, 3.63) is 12.2 Å². The molecule has 0 aromatic carbocycles. The Hall–Kier alpha value is -1.12. The van der Waals surface area contributed by atoms with E-state index >= 15 is 0 Å². The highest BCUT2D eigenvalue weighted by Crippen LogP contribution is 2.23. The first kappa shape index (κ1) is 14.9. The SMILES string of the molecule is CCCCCC(/C=C/C1CCC(=O)C1)OC(C)=O. The third kappa shape index (κ3) is 5.99. The molecule has 0 bridgehead atoms. The molecule has 3 nitrogen and oxygen atoms in total. The van der Waals surface area contributed by atoms with Crippen molar-refractivity contribution in [1.82, 2.24) is 0 Å². The quantitative estimate of drug-likeness (QED) is 0.396. The maximum atomic E-state index is 11.2. The maximum absolute atomic E-state index is 11.2. The van der Waals surface area contributed by atoms with Crippen LogP contribution in [0.1, 0.15) is 58.8 Å². The molecule has 1 aliphatic carbocycles. The molecule has 0 spiro atoms. The van der Waals surface area contributed by atoms with Crippen LogP contribution in [0.25, 0.3) is 0 Å². The average Bonchev–Trinajstić information content (AvgIpc) is 2.71. The van der Waals surface area contributed by atoms with Gasteiger partial charge in [0.25, 0.3) is 0 Å². The number of hydrogen-bond acceptors (Lipinski definition) is 3. The van der Waals surface area contributed by atoms with Gasteiger partial charge in [0, 0.05) is 19.8 Å². The molecular formula is C15H24O3. The van der Waals surface area contributed by atoms with Crippen molar-refractivity contribution in [1.29, 1.82) is 0 Å². The standard InChI is InChI=1S/C15H24O3/c1-3-4-5-6-15(18-12(2)16)10-8-13-7-9-14(17)11-13/h8,10,13,15H,3-7,9,11H2,1-2H3/b10-8+. The first-order chi connectivity index (χ1) is 8.61. The summed E-state index contributed by atoms with van der Waals surface area (Å²) in [7, 11) is 0. The molecule has 3 heteroatoms. The van der Waals surface area contributed by atoms with Gasteiger partial charge < -0.3 is 4.74 Å². The van der Waals surface area contributed by atoms with Crippen LogP contribution in [-0.4, -0.2) is 17.9 Å². The van der Waals surface area contributed by atoms with E-state index in [0.29, 0.717) is 24.5 Å². The van der Waals surface area contributed by atoms with Gasteiger partial charge in [-0.05, 0) is 31.3 Å². The van der Waals surface area contributed by atoms with Crippen LogP contribution in [0.5, 0.6) is 0 Å². The van der Waals surface area contributed by atoms with Gasteiger partial charge in [0.2, 0.25) is 0 Å². The number of carbonyl (C=O) groups excluding carboxylic acids is 2. The Balaban J connectivity index is 2.40. The predicted octanol–water partition coefficient (Wildman–Crippen LogP) is 3.42. The van der Waals surface area contributed by atoms with Gasteiger partial charge in [0.15, 0.2) is 0 Å². The molecule has 0 aromatic heterocycles. The lowest BCUT2D eigenvalue weighted by Crippen LogP contribution is -2.14. The molecule has 0 aliphatic heterocycles. The number of unbranched alkanes of at least 4 members (excludes halogenated alkanes) is 2. The van der Waals surface area contributed by atoms with E-state index < -0.39 is 0 Å². The number of allylic oxidation sites excluding steroid dienone is 1. The van der Waals surface area contributed by atoms with E-state index in [-0.39, 0.29) is 12.1 Å². The molecule has 2 unspecified atom stereocenters. The zero-order valence-corrected chi connectivity index (χ0v) is 11.5. The third-order valence-electron chi connectivity index (χ3n) is 3.29. The molecular weight excluding hydrogens is 228 g/mol. The highest BCUT2D eigenvalue weighted by atomic mass is 16.5. The molecule has 0 N–H and O–H groups in total. The van der Waals surface area contributed by atoms with E-state index in [1.807, 2.05) is 6.08 Å². The molecule has 1 fully saturated rings. The molecule has 0 aromatic rings. The van der Waals surface area contributed by atoms with Gasteiger partial charge in [-0.1, -0.05) is 25.8 Å². The zero-order chi connectivity index (χ0) is 13.4. The van der Waals surface area contributed by atoms with Crippen LogP contribution in [0.4, 0.5) is 0 Å². The van der Waals surface area contributed by atoms with Gasteiger partial charge in [-0.3, -0.25) is 9.59 Å². The molecule has 18 heavy (non-hydrogen) atoms. The molecule has 2 atom stereocenters. The van der Waals surface area contributed by atoms with E-state index in [1.54, 1.807) is 0 Å². The van der Waals surface area contributed by atoms with Crippen LogP contribution < -0.4 is 0 Å². The molecule has 0 saturated heterocycles. The Bertz CT molecular complexity index is 307. The van der Waals surface area contributed by atoms with Crippen molar-refractivity contribution in [3.63, 3.8) is 0 Å². The third-order valence-corrected chi connectivity index (χ3v) is 3.29. The molecule has 0 radical (unpaired) electrons. The zero-order valence-electron chi connectivity index (χ0n) is 11.5. The Morgan fingerprint density at radius 1 is 1.50 bits per heavy atom. The van der Waals surface area contributed by atoms with Gasteiger partial charge in [-0.15, -0.1) is 0 Å². The Labute approximate surface area is 110 Å². The summed E-state index contributed by atoms with van der Waals surface area (Å²) in [5.74, 6) is 0.463. The minimum atomic E-state index is -0.233. The average molecular weight is 252 g/mol. The summed E-state index contributed by atoms with van der Waals surface area (Å²) in [5.41, 5.74) is 0. The van der Waals surface area contributed by atoms with Crippen molar-refractivity contribution in [3.8, 4) is 0 Å². The number of Topliss-reactive ketones (excluding diaryl/α,β-unsaturated/α-hetero) is 1. The fourth-order valence-electron chi connectivity index (χ4n) is 2.29. The second-order valence-corrected chi connectivity index (χ2v) is 5.07. The topological polar surface area (TPSA) is 43.4 Å². The van der Waals surface area contributed by atoms with E-state index in [1.165, 1.54) is 6.92 Å². The first-order valence-electron chi connectivity index (χ1n) is 6.99. The minimum Gasteiger partial charge on any atom is -0.458 e. The number of esters is 1. The maximum Gasteiger partial charge on any atom is 0.303 e. The van der Waals surface area contributed by atoms with Crippen LogP contribution in [0, 0.1) is 5.92 Å². The number of rotatable bonds is 7. The van der Waals surface area contributed by atoms with Gasteiger partial charge in [-0.2, -0.15) is 0 Å². The van der Waals surface area contributed by atoms with E-state index in [0.717, 1.165) is 32.1 Å². The van der Waals surface area contributed by atoms with Crippen LogP contribution in [0.2, 0.25) is 0 Å². The lowest BCUT2D eigenvalue weighted by Gasteiger charge is -2.13. The van der Waals surface area contributed by atoms with Crippen LogP contribution >= 0.6 is 0 Å². The van der Waals surface area contributed by atoms with Crippen molar-refractivity contribution >= 4 is 11.8 Å². The molecule has 1 saturated carbocycles. The van der Waals surface area contributed by atoms with Crippen molar-refractivity contribution in [2.45, 2.75) is 64.9 Å². The highest BCUT2D eigenvalue weighted by Gasteiger charge is 2.20. The van der Waals surface area contributed by atoms with Crippen LogP contribution in [0.15, 0.2) is 12.2 Å². The molecule has 0 amide bonds.